The Morgan fingerprint density at radius 1 is 1.36 bits per heavy atom. The Morgan fingerprint density at radius 2 is 2.08 bits per heavy atom. The number of hydrazone groups is 1. The minimum Gasteiger partial charge on any atom is -0.502 e. The maximum atomic E-state index is 12.0. The lowest BCUT2D eigenvalue weighted by Gasteiger charge is -2.06. The van der Waals surface area contributed by atoms with E-state index in [1.165, 1.54) is 12.1 Å². The first kappa shape index (κ1) is 18.6. The number of phenols is 1. The van der Waals surface area contributed by atoms with Gasteiger partial charge in [0, 0.05) is 16.1 Å². The van der Waals surface area contributed by atoms with Crippen LogP contribution in [0.15, 0.2) is 39.9 Å². The van der Waals surface area contributed by atoms with E-state index in [-0.39, 0.29) is 17.9 Å². The van der Waals surface area contributed by atoms with Gasteiger partial charge in [-0.3, -0.25) is 14.9 Å². The highest BCUT2D eigenvalue weighted by atomic mass is 79.9. The minimum atomic E-state index is -0.698. The standard InChI is InChI=1S/C17H16BrN3O4/c1-10-3-4-11(2)12(5-10)7-16(22)20-19-9-13-6-14(18)8-15(17(13)23)21(24)25/h3-6,8-9,23H,7H2,1-2H3,(H,20,22)/b19-9+. The number of aryl methyl sites for hydroxylation is 2. The number of phenolic OH excluding ortho intramolecular Hbond substituents is 1. The number of nitro groups is 1. The normalized spacial score (nSPS) is 10.8. The molecule has 0 radical (unpaired) electrons. The maximum absolute atomic E-state index is 12.0. The number of aromatic hydroxyl groups is 1. The molecule has 0 bridgehead atoms. The third-order valence-corrected chi connectivity index (χ3v) is 3.99. The Bertz CT molecular complexity index is 865. The van der Waals surface area contributed by atoms with E-state index in [4.69, 9.17) is 0 Å². The van der Waals surface area contributed by atoms with Gasteiger partial charge in [0.05, 0.1) is 17.6 Å². The summed E-state index contributed by atoms with van der Waals surface area (Å²) >= 11 is 3.13. The maximum Gasteiger partial charge on any atom is 0.312 e. The van der Waals surface area contributed by atoms with Crippen molar-refractivity contribution in [3.8, 4) is 5.75 Å². The fraction of sp³-hybridized carbons (Fsp3) is 0.176. The van der Waals surface area contributed by atoms with Crippen LogP contribution in [0.2, 0.25) is 0 Å². The summed E-state index contributed by atoms with van der Waals surface area (Å²) in [6, 6.07) is 8.49. The molecule has 130 valence electrons. The fourth-order valence-electron chi connectivity index (χ4n) is 2.22. The average Bonchev–Trinajstić information content (AvgIpc) is 2.53. The van der Waals surface area contributed by atoms with Gasteiger partial charge >= 0.3 is 5.69 Å². The minimum absolute atomic E-state index is 0.119. The molecule has 0 aliphatic carbocycles. The van der Waals surface area contributed by atoms with Gasteiger partial charge in [-0.15, -0.1) is 0 Å². The van der Waals surface area contributed by atoms with Crippen molar-refractivity contribution in [2.45, 2.75) is 20.3 Å². The zero-order chi connectivity index (χ0) is 18.6. The summed E-state index contributed by atoms with van der Waals surface area (Å²) in [6.07, 6.45) is 1.32. The summed E-state index contributed by atoms with van der Waals surface area (Å²) in [5.41, 5.74) is 4.99. The number of hydrogen-bond acceptors (Lipinski definition) is 5. The smallest absolute Gasteiger partial charge is 0.312 e. The van der Waals surface area contributed by atoms with E-state index in [9.17, 15) is 20.0 Å². The van der Waals surface area contributed by atoms with Crippen LogP contribution in [0, 0.1) is 24.0 Å². The van der Waals surface area contributed by atoms with Crippen LogP contribution < -0.4 is 5.43 Å². The molecule has 0 heterocycles. The van der Waals surface area contributed by atoms with Crippen LogP contribution in [0.1, 0.15) is 22.3 Å². The van der Waals surface area contributed by atoms with Crippen LogP contribution in [-0.2, 0) is 11.2 Å². The first-order valence-electron chi connectivity index (χ1n) is 7.33. The Labute approximate surface area is 152 Å². The second-order valence-corrected chi connectivity index (χ2v) is 6.44. The van der Waals surface area contributed by atoms with Crippen LogP contribution in [0.3, 0.4) is 0 Å². The predicted octanol–water partition coefficient (Wildman–Crippen LogP) is 3.37. The van der Waals surface area contributed by atoms with Gasteiger partial charge in [0.25, 0.3) is 0 Å². The van der Waals surface area contributed by atoms with E-state index in [0.717, 1.165) is 22.9 Å². The summed E-state index contributed by atoms with van der Waals surface area (Å²) in [5, 5.41) is 24.5. The first-order valence-corrected chi connectivity index (χ1v) is 8.12. The molecule has 0 spiro atoms. The number of nitrogens with one attached hydrogen (secondary N) is 1. The van der Waals surface area contributed by atoms with Crippen molar-refractivity contribution in [3.05, 3.63) is 67.2 Å². The van der Waals surface area contributed by atoms with Crippen LogP contribution in [0.4, 0.5) is 5.69 Å². The second-order valence-electron chi connectivity index (χ2n) is 5.52. The summed E-state index contributed by atoms with van der Waals surface area (Å²) in [5.74, 6) is -0.838. The summed E-state index contributed by atoms with van der Waals surface area (Å²) in [7, 11) is 0. The highest BCUT2D eigenvalue weighted by Gasteiger charge is 2.17. The first-order chi connectivity index (χ1) is 11.8. The van der Waals surface area contributed by atoms with Crippen LogP contribution >= 0.6 is 15.9 Å². The lowest BCUT2D eigenvalue weighted by molar-refractivity contribution is -0.385. The Balaban J connectivity index is 2.09. The molecule has 2 aromatic carbocycles. The zero-order valence-corrected chi connectivity index (χ0v) is 15.2. The van der Waals surface area contributed by atoms with Gasteiger partial charge in [-0.25, -0.2) is 5.43 Å². The van der Waals surface area contributed by atoms with Gasteiger partial charge in [0.1, 0.15) is 0 Å². The second kappa shape index (κ2) is 7.89. The fourth-order valence-corrected chi connectivity index (χ4v) is 2.68. The van der Waals surface area contributed by atoms with Crippen molar-refractivity contribution >= 4 is 33.7 Å². The molecule has 2 rings (SSSR count). The molecule has 2 N–H and O–H groups in total. The molecule has 7 nitrogen and oxygen atoms in total. The number of benzene rings is 2. The van der Waals surface area contributed by atoms with E-state index in [0.29, 0.717) is 4.47 Å². The lowest BCUT2D eigenvalue weighted by atomic mass is 10.0. The molecular formula is C17H16BrN3O4. The van der Waals surface area contributed by atoms with Crippen molar-refractivity contribution in [1.29, 1.82) is 0 Å². The molecule has 0 aliphatic heterocycles. The van der Waals surface area contributed by atoms with Crippen molar-refractivity contribution in [2.75, 3.05) is 0 Å². The van der Waals surface area contributed by atoms with Gasteiger partial charge in [-0.2, -0.15) is 5.10 Å². The molecule has 0 atom stereocenters. The molecule has 8 heteroatoms. The molecule has 2 aromatic rings. The van der Waals surface area contributed by atoms with Gasteiger partial charge in [-0.1, -0.05) is 39.7 Å². The molecule has 0 saturated carbocycles. The SMILES string of the molecule is Cc1ccc(C)c(CC(=O)N/N=C/c2cc(Br)cc([N+](=O)[O-])c2O)c1. The highest BCUT2D eigenvalue weighted by molar-refractivity contribution is 9.10. The van der Waals surface area contributed by atoms with E-state index >= 15 is 0 Å². The number of hydrogen-bond donors (Lipinski definition) is 2. The van der Waals surface area contributed by atoms with Gasteiger partial charge in [0.15, 0.2) is 0 Å². The molecule has 0 fully saturated rings. The Kier molecular flexibility index (Phi) is 5.87. The number of nitrogens with zero attached hydrogens (tertiary/aromatic N) is 2. The van der Waals surface area contributed by atoms with Gasteiger partial charge in [0.2, 0.25) is 11.7 Å². The molecule has 0 aliphatic rings. The quantitative estimate of drug-likeness (QED) is 0.451. The van der Waals surface area contributed by atoms with Crippen LogP contribution in [0.5, 0.6) is 5.75 Å². The summed E-state index contributed by atoms with van der Waals surface area (Å²) < 4.78 is 0.417. The van der Waals surface area contributed by atoms with Gasteiger partial charge in [-0.05, 0) is 31.0 Å². The van der Waals surface area contributed by atoms with Crippen molar-refractivity contribution in [3.63, 3.8) is 0 Å². The summed E-state index contributed by atoms with van der Waals surface area (Å²) in [6.45, 7) is 3.87. The lowest BCUT2D eigenvalue weighted by Crippen LogP contribution is -2.20. The van der Waals surface area contributed by atoms with E-state index in [1.807, 2.05) is 32.0 Å². The van der Waals surface area contributed by atoms with E-state index in [2.05, 4.69) is 26.5 Å². The molecule has 1 amide bonds. The number of carbonyl (C=O) groups excluding carboxylic acids is 1. The van der Waals surface area contributed by atoms with E-state index < -0.39 is 16.4 Å². The third-order valence-electron chi connectivity index (χ3n) is 3.53. The number of carbonyl (C=O) groups is 1. The topological polar surface area (TPSA) is 105 Å². The molecule has 0 aromatic heterocycles. The van der Waals surface area contributed by atoms with Gasteiger partial charge < -0.3 is 5.11 Å². The molecule has 0 unspecified atom stereocenters. The predicted molar refractivity (Wildman–Crippen MR) is 97.8 cm³/mol. The molecule has 0 saturated heterocycles. The average molecular weight is 406 g/mol. The van der Waals surface area contributed by atoms with Crippen LogP contribution in [-0.4, -0.2) is 22.2 Å². The molecule has 25 heavy (non-hydrogen) atoms. The largest absolute Gasteiger partial charge is 0.502 e. The van der Waals surface area contributed by atoms with Crippen molar-refractivity contribution in [1.82, 2.24) is 5.43 Å². The zero-order valence-electron chi connectivity index (χ0n) is 13.6. The monoisotopic (exact) mass is 405 g/mol. The number of halogens is 1. The van der Waals surface area contributed by atoms with Crippen LogP contribution in [0.25, 0.3) is 0 Å². The Hall–Kier alpha value is -2.74. The molecular weight excluding hydrogens is 390 g/mol. The van der Waals surface area contributed by atoms with Crippen molar-refractivity contribution < 1.29 is 14.8 Å². The highest BCUT2D eigenvalue weighted by Crippen LogP contribution is 2.32. The summed E-state index contributed by atoms with van der Waals surface area (Å²) in [4.78, 5) is 22.2. The Morgan fingerprint density at radius 3 is 2.76 bits per heavy atom. The third kappa shape index (κ3) is 4.87. The number of nitro benzene ring substituents is 1. The van der Waals surface area contributed by atoms with Crippen molar-refractivity contribution in [2.24, 2.45) is 5.10 Å². The van der Waals surface area contributed by atoms with E-state index in [1.54, 1.807) is 0 Å². The number of amides is 1. The number of rotatable bonds is 5.